The molecule has 4 rings (SSSR count). The lowest BCUT2D eigenvalue weighted by molar-refractivity contribution is 0.0529. The third-order valence-electron chi connectivity index (χ3n) is 5.05. The molecule has 0 N–H and O–H groups in total. The summed E-state index contributed by atoms with van der Waals surface area (Å²) >= 11 is 5.99. The highest BCUT2D eigenvalue weighted by Crippen LogP contribution is 2.20. The van der Waals surface area contributed by atoms with E-state index in [1.54, 1.807) is 28.9 Å². The lowest BCUT2D eigenvalue weighted by Crippen LogP contribution is -2.50. The number of benzene rings is 2. The number of rotatable bonds is 3. The maximum absolute atomic E-state index is 13.2. The Hall–Kier alpha value is -3.33. The zero-order valence-corrected chi connectivity index (χ0v) is 17.3. The quantitative estimate of drug-likeness (QED) is 0.621. The largest absolute Gasteiger partial charge is 0.335 e. The summed E-state index contributed by atoms with van der Waals surface area (Å²) in [4.78, 5) is 32.9. The third kappa shape index (κ3) is 4.27. The van der Waals surface area contributed by atoms with Gasteiger partial charge in [-0.3, -0.25) is 9.59 Å². The fourth-order valence-corrected chi connectivity index (χ4v) is 3.64. The first-order valence-corrected chi connectivity index (χ1v) is 9.94. The second kappa shape index (κ2) is 8.43. The molecular formula is C21H18ClF2N5O2. The number of amides is 2. The Labute approximate surface area is 181 Å². The van der Waals surface area contributed by atoms with Gasteiger partial charge in [-0.05, 0) is 49.4 Å². The second-order valence-corrected chi connectivity index (χ2v) is 7.49. The summed E-state index contributed by atoms with van der Waals surface area (Å²) in [6, 6.07) is 9.35. The molecule has 160 valence electrons. The Morgan fingerprint density at radius 1 is 0.903 bits per heavy atom. The minimum atomic E-state index is -0.514. The summed E-state index contributed by atoms with van der Waals surface area (Å²) in [5.41, 5.74) is 0.815. The minimum absolute atomic E-state index is 0.0307. The maximum atomic E-state index is 13.2. The number of aryl methyl sites for hydroxylation is 1. The molecule has 10 heteroatoms. The van der Waals surface area contributed by atoms with Crippen LogP contribution in [-0.2, 0) is 0 Å². The average molecular weight is 446 g/mol. The summed E-state index contributed by atoms with van der Waals surface area (Å²) in [7, 11) is 0. The van der Waals surface area contributed by atoms with Crippen molar-refractivity contribution in [3.63, 3.8) is 0 Å². The summed E-state index contributed by atoms with van der Waals surface area (Å²) in [5, 5.41) is 4.32. The molecule has 0 atom stereocenters. The van der Waals surface area contributed by atoms with Crippen LogP contribution < -0.4 is 0 Å². The summed E-state index contributed by atoms with van der Waals surface area (Å²) in [6.07, 6.45) is 0. The number of carbonyl (C=O) groups is 2. The zero-order valence-electron chi connectivity index (χ0n) is 16.6. The van der Waals surface area contributed by atoms with E-state index in [-0.39, 0.29) is 34.0 Å². The first-order chi connectivity index (χ1) is 14.8. The first kappa shape index (κ1) is 20.9. The van der Waals surface area contributed by atoms with Crippen molar-refractivity contribution in [1.29, 1.82) is 0 Å². The molecule has 1 aliphatic rings. The zero-order chi connectivity index (χ0) is 22.1. The molecule has 1 aromatic heterocycles. The Morgan fingerprint density at radius 2 is 1.48 bits per heavy atom. The highest BCUT2D eigenvalue weighted by atomic mass is 35.5. The molecular weight excluding hydrogens is 428 g/mol. The van der Waals surface area contributed by atoms with Crippen LogP contribution in [0.25, 0.3) is 5.69 Å². The van der Waals surface area contributed by atoms with Gasteiger partial charge in [-0.15, -0.1) is 5.10 Å². The fourth-order valence-electron chi connectivity index (χ4n) is 3.39. The molecule has 31 heavy (non-hydrogen) atoms. The highest BCUT2D eigenvalue weighted by Gasteiger charge is 2.28. The van der Waals surface area contributed by atoms with Crippen molar-refractivity contribution in [2.45, 2.75) is 6.92 Å². The van der Waals surface area contributed by atoms with E-state index in [4.69, 9.17) is 11.6 Å². The van der Waals surface area contributed by atoms with Gasteiger partial charge in [0.25, 0.3) is 11.8 Å². The van der Waals surface area contributed by atoms with Gasteiger partial charge in [0.05, 0.1) is 16.3 Å². The molecule has 1 fully saturated rings. The smallest absolute Gasteiger partial charge is 0.293 e. The van der Waals surface area contributed by atoms with Gasteiger partial charge >= 0.3 is 0 Å². The van der Waals surface area contributed by atoms with Crippen LogP contribution >= 0.6 is 11.6 Å². The van der Waals surface area contributed by atoms with Crippen LogP contribution in [-0.4, -0.2) is 62.6 Å². The van der Waals surface area contributed by atoms with Gasteiger partial charge in [0.1, 0.15) is 17.5 Å². The molecule has 0 bridgehead atoms. The van der Waals surface area contributed by atoms with Crippen LogP contribution in [0.2, 0.25) is 5.02 Å². The SMILES string of the molecule is Cc1nc(C(=O)N2CCN(C(=O)c3ccc(F)cc3Cl)CC2)nn1-c1ccc(F)cc1. The van der Waals surface area contributed by atoms with Crippen LogP contribution in [0.3, 0.4) is 0 Å². The average Bonchev–Trinajstić information content (AvgIpc) is 3.15. The molecule has 2 heterocycles. The van der Waals surface area contributed by atoms with Crippen molar-refractivity contribution in [3.8, 4) is 5.69 Å². The standard InChI is InChI=1S/C21H18ClF2N5O2/c1-13-25-19(26-29(13)16-5-2-14(23)3-6-16)21(31)28-10-8-27(9-11-28)20(30)17-7-4-15(24)12-18(17)22/h2-7,12H,8-11H2,1H3. The van der Waals surface area contributed by atoms with Crippen molar-refractivity contribution in [2.75, 3.05) is 26.2 Å². The Bertz CT molecular complexity index is 1140. The first-order valence-electron chi connectivity index (χ1n) is 9.56. The van der Waals surface area contributed by atoms with Crippen LogP contribution in [0.4, 0.5) is 8.78 Å². The summed E-state index contributed by atoms with van der Waals surface area (Å²) < 4.78 is 27.9. The number of piperazine rings is 1. The lowest BCUT2D eigenvalue weighted by atomic mass is 10.1. The van der Waals surface area contributed by atoms with E-state index in [9.17, 15) is 18.4 Å². The predicted molar refractivity (Wildman–Crippen MR) is 109 cm³/mol. The summed E-state index contributed by atoms with van der Waals surface area (Å²) in [6.45, 7) is 2.91. The predicted octanol–water partition coefficient (Wildman–Crippen LogP) is 3.11. The van der Waals surface area contributed by atoms with Gasteiger partial charge < -0.3 is 9.80 Å². The Balaban J connectivity index is 1.43. The molecule has 7 nitrogen and oxygen atoms in total. The van der Waals surface area contributed by atoms with Gasteiger partial charge in [0, 0.05) is 26.2 Å². The van der Waals surface area contributed by atoms with Crippen molar-refractivity contribution in [3.05, 3.63) is 76.3 Å². The number of aromatic nitrogens is 3. The molecule has 0 unspecified atom stereocenters. The van der Waals surface area contributed by atoms with Crippen LogP contribution in [0.15, 0.2) is 42.5 Å². The Kier molecular flexibility index (Phi) is 5.69. The molecule has 0 aliphatic carbocycles. The molecule has 0 spiro atoms. The van der Waals surface area contributed by atoms with E-state index in [2.05, 4.69) is 10.1 Å². The number of carbonyl (C=O) groups excluding carboxylic acids is 2. The van der Waals surface area contributed by atoms with E-state index < -0.39 is 5.82 Å². The molecule has 0 radical (unpaired) electrons. The van der Waals surface area contributed by atoms with E-state index in [0.29, 0.717) is 37.7 Å². The van der Waals surface area contributed by atoms with Gasteiger partial charge in [0.2, 0.25) is 5.82 Å². The summed E-state index contributed by atoms with van der Waals surface area (Å²) in [5.74, 6) is -1.02. The van der Waals surface area contributed by atoms with E-state index >= 15 is 0 Å². The number of halogens is 3. The van der Waals surface area contributed by atoms with Crippen molar-refractivity contribution in [2.24, 2.45) is 0 Å². The van der Waals surface area contributed by atoms with E-state index in [0.717, 1.165) is 6.07 Å². The van der Waals surface area contributed by atoms with Crippen molar-refractivity contribution < 1.29 is 18.4 Å². The van der Waals surface area contributed by atoms with Gasteiger partial charge in [-0.2, -0.15) is 0 Å². The molecule has 3 aromatic rings. The monoisotopic (exact) mass is 445 g/mol. The topological polar surface area (TPSA) is 71.3 Å². The lowest BCUT2D eigenvalue weighted by Gasteiger charge is -2.34. The van der Waals surface area contributed by atoms with Crippen molar-refractivity contribution in [1.82, 2.24) is 24.6 Å². The number of hydrogen-bond acceptors (Lipinski definition) is 4. The molecule has 1 saturated heterocycles. The van der Waals surface area contributed by atoms with Crippen LogP contribution in [0, 0.1) is 18.6 Å². The molecule has 2 aromatic carbocycles. The normalized spacial score (nSPS) is 14.1. The van der Waals surface area contributed by atoms with Gasteiger partial charge in [-0.1, -0.05) is 11.6 Å². The van der Waals surface area contributed by atoms with E-state index in [1.807, 2.05) is 0 Å². The Morgan fingerprint density at radius 3 is 2.10 bits per heavy atom. The number of hydrogen-bond donors (Lipinski definition) is 0. The fraction of sp³-hybridized carbons (Fsp3) is 0.238. The van der Waals surface area contributed by atoms with Gasteiger partial charge in [0.15, 0.2) is 0 Å². The number of nitrogens with zero attached hydrogens (tertiary/aromatic N) is 5. The van der Waals surface area contributed by atoms with Crippen molar-refractivity contribution >= 4 is 23.4 Å². The highest BCUT2D eigenvalue weighted by molar-refractivity contribution is 6.33. The van der Waals surface area contributed by atoms with Crippen LogP contribution in [0.5, 0.6) is 0 Å². The molecule has 2 amide bonds. The van der Waals surface area contributed by atoms with Gasteiger partial charge in [-0.25, -0.2) is 18.4 Å². The third-order valence-corrected chi connectivity index (χ3v) is 5.36. The second-order valence-electron chi connectivity index (χ2n) is 7.08. The molecule has 0 saturated carbocycles. The van der Waals surface area contributed by atoms with Crippen LogP contribution in [0.1, 0.15) is 26.8 Å². The van der Waals surface area contributed by atoms with E-state index in [1.165, 1.54) is 28.9 Å². The molecule has 1 aliphatic heterocycles. The maximum Gasteiger partial charge on any atom is 0.293 e. The minimum Gasteiger partial charge on any atom is -0.335 e.